The van der Waals surface area contributed by atoms with Crippen molar-refractivity contribution in [2.45, 2.75) is 39.7 Å². The van der Waals surface area contributed by atoms with Crippen molar-refractivity contribution in [1.82, 2.24) is 25.1 Å². The van der Waals surface area contributed by atoms with Gasteiger partial charge in [-0.1, -0.05) is 29.8 Å². The van der Waals surface area contributed by atoms with Crippen molar-refractivity contribution in [3.05, 3.63) is 105 Å². The molecule has 0 saturated carbocycles. The largest absolute Gasteiger partial charge is 0.378 e. The number of fused-ring (bicyclic) bond motifs is 4. The molecule has 11 nitrogen and oxygen atoms in total. The van der Waals surface area contributed by atoms with Crippen LogP contribution < -0.4 is 16.0 Å². The monoisotopic (exact) mass is 694 g/mol. The van der Waals surface area contributed by atoms with Gasteiger partial charge in [-0.25, -0.2) is 4.98 Å². The maximum absolute atomic E-state index is 13.2. The number of pyridine rings is 1. The van der Waals surface area contributed by atoms with Crippen molar-refractivity contribution in [1.29, 1.82) is 0 Å². The molecule has 5 aromatic rings. The molecule has 0 unspecified atom stereocenters. The summed E-state index contributed by atoms with van der Waals surface area (Å²) < 4.78 is 7.86. The Labute approximate surface area is 292 Å². The summed E-state index contributed by atoms with van der Waals surface area (Å²) in [6, 6.07) is 16.9. The van der Waals surface area contributed by atoms with Gasteiger partial charge in [-0.05, 0) is 73.9 Å². The number of hydrogen-bond acceptors (Lipinski definition) is 9. The lowest BCUT2D eigenvalue weighted by Gasteiger charge is -2.14. The van der Waals surface area contributed by atoms with Gasteiger partial charge in [0.15, 0.2) is 5.82 Å². The minimum atomic E-state index is -0.536. The van der Waals surface area contributed by atoms with Crippen LogP contribution in [0.3, 0.4) is 0 Å². The van der Waals surface area contributed by atoms with Gasteiger partial charge in [-0.3, -0.25) is 19.1 Å². The molecule has 0 aliphatic carbocycles. The molecule has 1 atom stereocenters. The lowest BCUT2D eigenvalue weighted by molar-refractivity contribution is -0.121. The number of nitrogens with one attached hydrogen (secondary N) is 3. The summed E-state index contributed by atoms with van der Waals surface area (Å²) in [5.74, 6) is 1.98. The average molecular weight is 695 g/mol. The molecule has 0 fully saturated rings. The van der Waals surface area contributed by atoms with E-state index in [1.54, 1.807) is 17.5 Å². The van der Waals surface area contributed by atoms with E-state index in [4.69, 9.17) is 21.3 Å². The summed E-state index contributed by atoms with van der Waals surface area (Å²) >= 11 is 7.89. The van der Waals surface area contributed by atoms with Crippen LogP contribution in [0.25, 0.3) is 16.1 Å². The zero-order chi connectivity index (χ0) is 34.1. The van der Waals surface area contributed by atoms with Gasteiger partial charge in [0.1, 0.15) is 22.7 Å². The van der Waals surface area contributed by atoms with Crippen LogP contribution in [0.2, 0.25) is 5.02 Å². The van der Waals surface area contributed by atoms with E-state index in [2.05, 4.69) is 45.0 Å². The van der Waals surface area contributed by atoms with Gasteiger partial charge in [0, 0.05) is 51.6 Å². The molecule has 2 aromatic carbocycles. The number of ether oxygens (including phenoxy) is 1. The zero-order valence-corrected chi connectivity index (χ0v) is 28.9. The maximum Gasteiger partial charge on any atom is 0.228 e. The second-order valence-corrected chi connectivity index (χ2v) is 13.6. The third-order valence-electron chi connectivity index (χ3n) is 8.69. The summed E-state index contributed by atoms with van der Waals surface area (Å²) in [6.07, 6.45) is 2.23. The molecule has 7 rings (SSSR count). The number of amides is 2. The number of halogens is 1. The van der Waals surface area contributed by atoms with E-state index in [0.717, 1.165) is 61.4 Å². The molecule has 49 heavy (non-hydrogen) atoms. The van der Waals surface area contributed by atoms with Gasteiger partial charge in [0.2, 0.25) is 11.8 Å². The van der Waals surface area contributed by atoms with Crippen LogP contribution in [0.15, 0.2) is 65.8 Å². The third kappa shape index (κ3) is 6.71. The van der Waals surface area contributed by atoms with Crippen LogP contribution in [0.1, 0.15) is 51.2 Å². The molecule has 2 amide bonds. The quantitative estimate of drug-likeness (QED) is 0.145. The highest BCUT2D eigenvalue weighted by Gasteiger charge is 2.32. The normalized spacial score (nSPS) is 14.7. The second kappa shape index (κ2) is 13.9. The number of aryl methyl sites for hydroxylation is 2. The highest BCUT2D eigenvalue weighted by atomic mass is 35.5. The second-order valence-electron chi connectivity index (χ2n) is 12.0. The first-order chi connectivity index (χ1) is 23.8. The lowest BCUT2D eigenvalue weighted by atomic mass is 9.99. The summed E-state index contributed by atoms with van der Waals surface area (Å²) in [5, 5.41) is 19.7. The fourth-order valence-corrected chi connectivity index (χ4v) is 7.50. The minimum absolute atomic E-state index is 0.00747. The number of aliphatic imine (C=N–C) groups is 1. The summed E-state index contributed by atoms with van der Waals surface area (Å²) in [4.78, 5) is 35.9. The van der Waals surface area contributed by atoms with Crippen LogP contribution >= 0.6 is 22.9 Å². The number of thiophene rings is 1. The number of hydrogen-bond donors (Lipinski definition) is 3. The fraction of sp³-hybridized carbons (Fsp3) is 0.278. The van der Waals surface area contributed by atoms with Gasteiger partial charge in [0.25, 0.3) is 0 Å². The Kier molecular flexibility index (Phi) is 9.26. The van der Waals surface area contributed by atoms with E-state index < -0.39 is 6.04 Å². The van der Waals surface area contributed by atoms with Crippen LogP contribution in [0, 0.1) is 20.8 Å². The smallest absolute Gasteiger partial charge is 0.228 e. The van der Waals surface area contributed by atoms with Crippen molar-refractivity contribution in [2.75, 3.05) is 36.9 Å². The standard InChI is InChI=1S/C36H35ClN8O3S/c1-20-21(2)49-36-32(20)33(23-6-9-26(37)10-7-23)42-29(35-44-43-22(3)45(35)36)19-30(46)38-13-15-48-16-14-40-34-27(5-4-12-39-34)24-8-11-28-25(17-24)18-31(47)41-28/h4-12,17,29H,13-16,18-19H2,1-3H3,(H,38,46)(H,39,40)(H,41,47)/t29-/m0/s1. The Morgan fingerprint density at radius 1 is 1.06 bits per heavy atom. The third-order valence-corrected chi connectivity index (χ3v) is 10.1. The molecular formula is C36H35ClN8O3S. The van der Waals surface area contributed by atoms with Gasteiger partial charge in [0.05, 0.1) is 31.8 Å². The van der Waals surface area contributed by atoms with Gasteiger partial charge < -0.3 is 20.7 Å². The Morgan fingerprint density at radius 3 is 2.69 bits per heavy atom. The van der Waals surface area contributed by atoms with E-state index in [9.17, 15) is 9.59 Å². The zero-order valence-electron chi connectivity index (χ0n) is 27.3. The Balaban J connectivity index is 0.958. The molecule has 5 heterocycles. The van der Waals surface area contributed by atoms with Gasteiger partial charge in [-0.2, -0.15) is 0 Å². The topological polar surface area (TPSA) is 135 Å². The predicted molar refractivity (Wildman–Crippen MR) is 192 cm³/mol. The van der Waals surface area contributed by atoms with E-state index in [-0.39, 0.29) is 18.2 Å². The molecule has 3 N–H and O–H groups in total. The Bertz CT molecular complexity index is 2090. The molecule has 0 spiro atoms. The van der Waals surface area contributed by atoms with Crippen LogP contribution in [0.4, 0.5) is 11.5 Å². The number of rotatable bonds is 11. The molecule has 0 saturated heterocycles. The van der Waals surface area contributed by atoms with Crippen molar-refractivity contribution < 1.29 is 14.3 Å². The van der Waals surface area contributed by atoms with Crippen molar-refractivity contribution in [3.8, 4) is 16.1 Å². The number of carbonyl (C=O) groups is 2. The molecule has 250 valence electrons. The number of aromatic nitrogens is 4. The summed E-state index contributed by atoms with van der Waals surface area (Å²) in [5.41, 5.74) is 7.68. The maximum atomic E-state index is 13.2. The van der Waals surface area contributed by atoms with Crippen molar-refractivity contribution in [3.63, 3.8) is 0 Å². The molecule has 2 aliphatic rings. The molecule has 0 radical (unpaired) electrons. The van der Waals surface area contributed by atoms with E-state index in [0.29, 0.717) is 43.6 Å². The summed E-state index contributed by atoms with van der Waals surface area (Å²) in [6.45, 7) is 7.79. The first-order valence-corrected chi connectivity index (χ1v) is 17.3. The Morgan fingerprint density at radius 2 is 1.86 bits per heavy atom. The predicted octanol–water partition coefficient (Wildman–Crippen LogP) is 5.99. The highest BCUT2D eigenvalue weighted by Crippen LogP contribution is 2.39. The lowest BCUT2D eigenvalue weighted by Crippen LogP contribution is -2.29. The van der Waals surface area contributed by atoms with Crippen molar-refractivity contribution >= 4 is 52.0 Å². The molecule has 13 heteroatoms. The number of carbonyl (C=O) groups excluding carboxylic acids is 2. The van der Waals surface area contributed by atoms with E-state index in [1.807, 2.05) is 66.1 Å². The van der Waals surface area contributed by atoms with Gasteiger partial charge in [-0.15, -0.1) is 21.5 Å². The molecule has 0 bridgehead atoms. The average Bonchev–Trinajstić information content (AvgIpc) is 3.73. The van der Waals surface area contributed by atoms with Crippen LogP contribution in [-0.4, -0.2) is 63.6 Å². The number of anilines is 2. The van der Waals surface area contributed by atoms with E-state index in [1.165, 1.54) is 4.88 Å². The molecular weight excluding hydrogens is 660 g/mol. The SMILES string of the molecule is Cc1sc2c(c1C)C(c1ccc(Cl)cc1)=N[C@@H](CC(=O)NCCOCCNc1ncccc1-c1ccc3c(c1)CC(=O)N3)c1nnc(C)n1-2. The highest BCUT2D eigenvalue weighted by molar-refractivity contribution is 7.15. The van der Waals surface area contributed by atoms with Crippen molar-refractivity contribution in [2.24, 2.45) is 4.99 Å². The first kappa shape index (κ1) is 32.6. The number of benzene rings is 2. The molecule has 3 aromatic heterocycles. The van der Waals surface area contributed by atoms with Crippen LogP contribution in [0.5, 0.6) is 0 Å². The first-order valence-electron chi connectivity index (χ1n) is 16.1. The minimum Gasteiger partial charge on any atom is -0.378 e. The van der Waals surface area contributed by atoms with E-state index >= 15 is 0 Å². The van der Waals surface area contributed by atoms with Crippen LogP contribution in [-0.2, 0) is 20.7 Å². The Hall–Kier alpha value is -4.91. The van der Waals surface area contributed by atoms with Gasteiger partial charge >= 0.3 is 0 Å². The number of nitrogens with zero attached hydrogens (tertiary/aromatic N) is 5. The molecule has 2 aliphatic heterocycles. The summed E-state index contributed by atoms with van der Waals surface area (Å²) in [7, 11) is 0. The fourth-order valence-electron chi connectivity index (χ4n) is 6.16.